The van der Waals surface area contributed by atoms with Gasteiger partial charge in [-0.05, 0) is 19.3 Å². The molecule has 0 aliphatic rings. The summed E-state index contributed by atoms with van der Waals surface area (Å²) in [6.07, 6.45) is 2.24. The summed E-state index contributed by atoms with van der Waals surface area (Å²) in [6, 6.07) is -0.00340. The van der Waals surface area contributed by atoms with E-state index >= 15 is 0 Å². The number of carbonyl (C=O) groups excluding carboxylic acids is 1. The van der Waals surface area contributed by atoms with Gasteiger partial charge in [0.15, 0.2) is 5.96 Å². The molecule has 0 bridgehead atoms. The summed E-state index contributed by atoms with van der Waals surface area (Å²) in [5.74, 6) is 1.16. The lowest BCUT2D eigenvalue weighted by Gasteiger charge is -2.22. The molecule has 3 N–H and O–H groups in total. The van der Waals surface area contributed by atoms with Crippen molar-refractivity contribution in [1.82, 2.24) is 16.0 Å². The molecule has 6 heteroatoms. The Morgan fingerprint density at radius 3 is 2.60 bits per heavy atom. The second kappa shape index (κ2) is 11.1. The summed E-state index contributed by atoms with van der Waals surface area (Å²) in [4.78, 5) is 15.6. The zero-order valence-corrected chi connectivity index (χ0v) is 13.0. The number of aliphatic imine (C=N–C) groups is 1. The van der Waals surface area contributed by atoms with Crippen LogP contribution in [0.2, 0.25) is 0 Å². The van der Waals surface area contributed by atoms with Gasteiger partial charge in [-0.15, -0.1) is 6.58 Å². The Balaban J connectivity index is 4.33. The minimum Gasteiger partial charge on any atom is -0.450 e. The predicted molar refractivity (Wildman–Crippen MR) is 83.0 cm³/mol. The molecular formula is C14H28N4O2. The Kier molecular flexibility index (Phi) is 10.2. The summed E-state index contributed by atoms with van der Waals surface area (Å²) in [5, 5.41) is 9.12. The molecule has 0 aliphatic heterocycles. The molecule has 1 unspecified atom stereocenters. The average Bonchev–Trinajstić information content (AvgIpc) is 2.38. The third-order valence-corrected chi connectivity index (χ3v) is 2.51. The molecule has 0 aliphatic carbocycles. The van der Waals surface area contributed by atoms with E-state index < -0.39 is 0 Å². The van der Waals surface area contributed by atoms with Crippen molar-refractivity contribution in [3.8, 4) is 0 Å². The number of guanidine groups is 1. The lowest BCUT2D eigenvalue weighted by Crippen LogP contribution is -2.47. The average molecular weight is 284 g/mol. The molecule has 0 fully saturated rings. The van der Waals surface area contributed by atoms with Crippen molar-refractivity contribution in [2.24, 2.45) is 10.9 Å². The highest BCUT2D eigenvalue weighted by Crippen LogP contribution is 2.04. The molecule has 0 saturated heterocycles. The fourth-order valence-corrected chi connectivity index (χ4v) is 1.71. The number of hydrogen-bond acceptors (Lipinski definition) is 3. The first-order valence-corrected chi connectivity index (χ1v) is 7.02. The standard InChI is InChI=1S/C14H28N4O2/c1-6-8-16-13(15-5)17-10-12(9-11(3)4)18-14(19)20-7-2/h6,11-12H,1,7-10H2,2-5H3,(H,18,19)(H2,15,16,17). The summed E-state index contributed by atoms with van der Waals surface area (Å²) in [7, 11) is 1.70. The van der Waals surface area contributed by atoms with Gasteiger partial charge in [0.05, 0.1) is 6.61 Å². The normalized spacial score (nSPS) is 12.8. The molecule has 0 rings (SSSR count). The molecule has 0 radical (unpaired) electrons. The predicted octanol–water partition coefficient (Wildman–Crippen LogP) is 1.50. The van der Waals surface area contributed by atoms with Gasteiger partial charge < -0.3 is 20.7 Å². The maximum atomic E-state index is 11.5. The number of carbonyl (C=O) groups is 1. The topological polar surface area (TPSA) is 74.8 Å². The molecule has 1 atom stereocenters. The van der Waals surface area contributed by atoms with E-state index in [1.165, 1.54) is 0 Å². The summed E-state index contributed by atoms with van der Waals surface area (Å²) in [6.45, 7) is 11.3. The molecule has 1 amide bonds. The molecule has 20 heavy (non-hydrogen) atoms. The third-order valence-electron chi connectivity index (χ3n) is 2.51. The highest BCUT2D eigenvalue weighted by atomic mass is 16.5. The summed E-state index contributed by atoms with van der Waals surface area (Å²) < 4.78 is 4.92. The van der Waals surface area contributed by atoms with Gasteiger partial charge in [-0.2, -0.15) is 0 Å². The Morgan fingerprint density at radius 1 is 1.40 bits per heavy atom. The van der Waals surface area contributed by atoms with E-state index in [2.05, 4.69) is 41.4 Å². The first kappa shape index (κ1) is 18.3. The second-order valence-corrected chi connectivity index (χ2v) is 4.81. The minimum absolute atomic E-state index is 0.00340. The van der Waals surface area contributed by atoms with Crippen LogP contribution >= 0.6 is 0 Å². The van der Waals surface area contributed by atoms with Gasteiger partial charge in [0.2, 0.25) is 0 Å². The van der Waals surface area contributed by atoms with E-state index in [1.54, 1.807) is 20.0 Å². The summed E-state index contributed by atoms with van der Waals surface area (Å²) in [5.41, 5.74) is 0. The van der Waals surface area contributed by atoms with Gasteiger partial charge in [0, 0.05) is 26.2 Å². The van der Waals surface area contributed by atoms with Crippen LogP contribution in [-0.2, 0) is 4.74 Å². The van der Waals surface area contributed by atoms with Crippen LogP contribution in [0, 0.1) is 5.92 Å². The highest BCUT2D eigenvalue weighted by molar-refractivity contribution is 5.79. The molecule has 0 spiro atoms. The quantitative estimate of drug-likeness (QED) is 0.359. The third kappa shape index (κ3) is 9.24. The SMILES string of the molecule is C=CCNC(=NC)NCC(CC(C)C)NC(=O)OCC. The van der Waals surface area contributed by atoms with Crippen molar-refractivity contribution in [3.63, 3.8) is 0 Å². The minimum atomic E-state index is -0.381. The Labute approximate surface area is 122 Å². The van der Waals surface area contributed by atoms with Crippen LogP contribution in [0.3, 0.4) is 0 Å². The van der Waals surface area contributed by atoms with Gasteiger partial charge in [-0.25, -0.2) is 4.79 Å². The summed E-state index contributed by atoms with van der Waals surface area (Å²) >= 11 is 0. The zero-order valence-electron chi connectivity index (χ0n) is 13.0. The molecule has 0 heterocycles. The van der Waals surface area contributed by atoms with E-state index in [1.807, 2.05) is 0 Å². The van der Waals surface area contributed by atoms with Crippen LogP contribution in [0.4, 0.5) is 4.79 Å². The maximum absolute atomic E-state index is 11.5. The molecule has 6 nitrogen and oxygen atoms in total. The van der Waals surface area contributed by atoms with Gasteiger partial charge >= 0.3 is 6.09 Å². The van der Waals surface area contributed by atoms with Crippen molar-refractivity contribution in [2.75, 3.05) is 26.7 Å². The van der Waals surface area contributed by atoms with Crippen LogP contribution < -0.4 is 16.0 Å². The number of ether oxygens (including phenoxy) is 1. The monoisotopic (exact) mass is 284 g/mol. The van der Waals surface area contributed by atoms with Crippen LogP contribution in [0.25, 0.3) is 0 Å². The fraction of sp³-hybridized carbons (Fsp3) is 0.714. The van der Waals surface area contributed by atoms with E-state index in [9.17, 15) is 4.79 Å². The number of nitrogens with zero attached hydrogens (tertiary/aromatic N) is 1. The second-order valence-electron chi connectivity index (χ2n) is 4.81. The number of nitrogens with one attached hydrogen (secondary N) is 3. The molecule has 0 saturated carbocycles. The van der Waals surface area contributed by atoms with Crippen LogP contribution in [0.15, 0.2) is 17.6 Å². The number of amides is 1. The highest BCUT2D eigenvalue weighted by Gasteiger charge is 2.15. The van der Waals surface area contributed by atoms with Crippen molar-refractivity contribution in [2.45, 2.75) is 33.2 Å². The Morgan fingerprint density at radius 2 is 2.10 bits per heavy atom. The van der Waals surface area contributed by atoms with Crippen LogP contribution in [-0.4, -0.2) is 44.8 Å². The molecule has 0 aromatic rings. The van der Waals surface area contributed by atoms with E-state index in [4.69, 9.17) is 4.74 Å². The first-order chi connectivity index (χ1) is 9.53. The van der Waals surface area contributed by atoms with Gasteiger partial charge in [0.25, 0.3) is 0 Å². The molecule has 0 aromatic heterocycles. The van der Waals surface area contributed by atoms with Crippen LogP contribution in [0.1, 0.15) is 27.2 Å². The maximum Gasteiger partial charge on any atom is 0.407 e. The van der Waals surface area contributed by atoms with Gasteiger partial charge in [-0.3, -0.25) is 4.99 Å². The molecule has 116 valence electrons. The van der Waals surface area contributed by atoms with Gasteiger partial charge in [0.1, 0.15) is 0 Å². The van der Waals surface area contributed by atoms with Crippen molar-refractivity contribution >= 4 is 12.1 Å². The van der Waals surface area contributed by atoms with Crippen molar-refractivity contribution in [1.29, 1.82) is 0 Å². The van der Waals surface area contributed by atoms with E-state index in [-0.39, 0.29) is 12.1 Å². The lowest BCUT2D eigenvalue weighted by atomic mass is 10.0. The van der Waals surface area contributed by atoms with Crippen molar-refractivity contribution < 1.29 is 9.53 Å². The smallest absolute Gasteiger partial charge is 0.407 e. The van der Waals surface area contributed by atoms with Crippen LogP contribution in [0.5, 0.6) is 0 Å². The number of hydrogen-bond donors (Lipinski definition) is 3. The fourth-order valence-electron chi connectivity index (χ4n) is 1.71. The molecule has 0 aromatic carbocycles. The zero-order chi connectivity index (χ0) is 15.4. The largest absolute Gasteiger partial charge is 0.450 e. The lowest BCUT2D eigenvalue weighted by molar-refractivity contribution is 0.146. The Bertz CT molecular complexity index is 316. The Hall–Kier alpha value is -1.72. The first-order valence-electron chi connectivity index (χ1n) is 7.02. The number of alkyl carbamates (subject to hydrolysis) is 1. The number of rotatable bonds is 8. The van der Waals surface area contributed by atoms with E-state index in [0.29, 0.717) is 31.6 Å². The molecular weight excluding hydrogens is 256 g/mol. The van der Waals surface area contributed by atoms with E-state index in [0.717, 1.165) is 6.42 Å². The van der Waals surface area contributed by atoms with Crippen molar-refractivity contribution in [3.05, 3.63) is 12.7 Å². The van der Waals surface area contributed by atoms with Gasteiger partial charge in [-0.1, -0.05) is 19.9 Å².